The van der Waals surface area contributed by atoms with Gasteiger partial charge in [0.25, 0.3) is 0 Å². The molecule has 1 aromatic heterocycles. The van der Waals surface area contributed by atoms with Crippen LogP contribution in [0.1, 0.15) is 48.4 Å². The van der Waals surface area contributed by atoms with E-state index in [2.05, 4.69) is 13.0 Å². The fourth-order valence-corrected chi connectivity index (χ4v) is 4.00. The molecule has 1 aliphatic heterocycles. The van der Waals surface area contributed by atoms with E-state index in [0.29, 0.717) is 18.1 Å². The molecule has 130 valence electrons. The van der Waals surface area contributed by atoms with Crippen LogP contribution in [0, 0.1) is 6.92 Å². The second-order valence-corrected chi connectivity index (χ2v) is 6.97. The van der Waals surface area contributed by atoms with E-state index in [1.165, 1.54) is 17.7 Å². The van der Waals surface area contributed by atoms with Crippen molar-refractivity contribution in [1.82, 2.24) is 0 Å². The van der Waals surface area contributed by atoms with Crippen LogP contribution in [0.25, 0.3) is 21.7 Å². The summed E-state index contributed by atoms with van der Waals surface area (Å²) in [5.41, 5.74) is 2.64. The van der Waals surface area contributed by atoms with E-state index < -0.39 is 0 Å². The maximum atomic E-state index is 12.3. The predicted molar refractivity (Wildman–Crippen MR) is 98.4 cm³/mol. The SMILES string of the molecule is CCCC[NH+]1COc2c(c3c(C(C)=O)c(C)oc3c3ccccc23)C1. The van der Waals surface area contributed by atoms with Crippen LogP contribution in [0.15, 0.2) is 28.7 Å². The van der Waals surface area contributed by atoms with Gasteiger partial charge in [-0.15, -0.1) is 0 Å². The van der Waals surface area contributed by atoms with E-state index >= 15 is 0 Å². The van der Waals surface area contributed by atoms with E-state index in [9.17, 15) is 4.79 Å². The highest BCUT2D eigenvalue weighted by Gasteiger charge is 2.30. The van der Waals surface area contributed by atoms with Crippen LogP contribution in [0.4, 0.5) is 0 Å². The number of unbranched alkanes of at least 4 members (excludes halogenated alkanes) is 1. The number of fused-ring (bicyclic) bond motifs is 6. The second-order valence-electron chi connectivity index (χ2n) is 6.97. The molecule has 1 N–H and O–H groups in total. The minimum atomic E-state index is 0.0504. The van der Waals surface area contributed by atoms with Crippen molar-refractivity contribution in [2.45, 2.75) is 40.2 Å². The van der Waals surface area contributed by atoms with Gasteiger partial charge in [-0.3, -0.25) is 9.69 Å². The molecule has 4 rings (SSSR count). The van der Waals surface area contributed by atoms with Crippen molar-refractivity contribution in [3.8, 4) is 5.75 Å². The molecule has 0 amide bonds. The largest absolute Gasteiger partial charge is 0.460 e. The summed E-state index contributed by atoms with van der Waals surface area (Å²) in [5, 5.41) is 3.04. The number of Topliss-reactive ketones (excluding diaryl/α,β-unsaturated/α-hetero) is 1. The van der Waals surface area contributed by atoms with E-state index in [1.807, 2.05) is 25.1 Å². The maximum Gasteiger partial charge on any atom is 0.222 e. The molecule has 25 heavy (non-hydrogen) atoms. The van der Waals surface area contributed by atoms with Crippen LogP contribution in [-0.4, -0.2) is 19.1 Å². The summed E-state index contributed by atoms with van der Waals surface area (Å²) in [6.07, 6.45) is 2.35. The summed E-state index contributed by atoms with van der Waals surface area (Å²) >= 11 is 0. The molecule has 0 aliphatic carbocycles. The Bertz CT molecular complexity index is 970. The number of rotatable bonds is 4. The van der Waals surface area contributed by atoms with Crippen LogP contribution >= 0.6 is 0 Å². The zero-order valence-corrected chi connectivity index (χ0v) is 15.1. The minimum absolute atomic E-state index is 0.0504. The van der Waals surface area contributed by atoms with Crippen molar-refractivity contribution in [3.63, 3.8) is 0 Å². The summed E-state index contributed by atoms with van der Waals surface area (Å²) in [5.74, 6) is 1.67. The van der Waals surface area contributed by atoms with E-state index in [1.54, 1.807) is 6.92 Å². The van der Waals surface area contributed by atoms with Crippen LogP contribution < -0.4 is 9.64 Å². The third kappa shape index (κ3) is 2.52. The number of nitrogens with one attached hydrogen (secondary N) is 1. The Morgan fingerprint density at radius 3 is 2.72 bits per heavy atom. The lowest BCUT2D eigenvalue weighted by atomic mass is 9.95. The minimum Gasteiger partial charge on any atom is -0.460 e. The molecule has 2 heterocycles. The average Bonchev–Trinajstić information content (AvgIpc) is 2.97. The molecular formula is C21H24NO3+. The molecule has 0 saturated carbocycles. The zero-order valence-electron chi connectivity index (χ0n) is 15.1. The molecule has 0 radical (unpaired) electrons. The lowest BCUT2D eigenvalue weighted by Gasteiger charge is -2.27. The zero-order chi connectivity index (χ0) is 17.6. The van der Waals surface area contributed by atoms with Crippen LogP contribution in [-0.2, 0) is 6.54 Å². The third-order valence-corrected chi connectivity index (χ3v) is 5.16. The Morgan fingerprint density at radius 1 is 1.24 bits per heavy atom. The molecule has 0 bridgehead atoms. The Balaban J connectivity index is 2.02. The molecular weight excluding hydrogens is 314 g/mol. The van der Waals surface area contributed by atoms with Crippen molar-refractivity contribution in [2.24, 2.45) is 0 Å². The molecule has 4 heteroatoms. The van der Waals surface area contributed by atoms with Gasteiger partial charge in [0, 0.05) is 16.2 Å². The highest BCUT2D eigenvalue weighted by Crippen LogP contribution is 2.42. The van der Waals surface area contributed by atoms with Gasteiger partial charge in [-0.1, -0.05) is 37.6 Å². The molecule has 1 atom stereocenters. The Morgan fingerprint density at radius 2 is 2.00 bits per heavy atom. The summed E-state index contributed by atoms with van der Waals surface area (Å²) in [6.45, 7) is 8.33. The maximum absolute atomic E-state index is 12.3. The number of hydrogen-bond donors (Lipinski definition) is 1. The second kappa shape index (κ2) is 6.19. The number of carbonyl (C=O) groups is 1. The van der Waals surface area contributed by atoms with Gasteiger partial charge in [-0.2, -0.15) is 0 Å². The van der Waals surface area contributed by atoms with Crippen LogP contribution in [0.3, 0.4) is 0 Å². The van der Waals surface area contributed by atoms with Gasteiger partial charge in [-0.25, -0.2) is 0 Å². The molecule has 3 aromatic rings. The topological polar surface area (TPSA) is 43.9 Å². The Hall–Kier alpha value is -2.33. The molecule has 0 fully saturated rings. The number of ketones is 1. The van der Waals surface area contributed by atoms with Gasteiger partial charge in [0.15, 0.2) is 5.78 Å². The molecule has 0 spiro atoms. The van der Waals surface area contributed by atoms with Crippen molar-refractivity contribution in [3.05, 3.63) is 41.2 Å². The first-order chi connectivity index (χ1) is 12.1. The van der Waals surface area contributed by atoms with Crippen molar-refractivity contribution in [2.75, 3.05) is 13.3 Å². The molecule has 2 aromatic carbocycles. The van der Waals surface area contributed by atoms with Gasteiger partial charge in [0.05, 0.1) is 17.7 Å². The predicted octanol–water partition coefficient (Wildman–Crippen LogP) is 3.63. The molecule has 4 nitrogen and oxygen atoms in total. The highest BCUT2D eigenvalue weighted by molar-refractivity contribution is 6.17. The van der Waals surface area contributed by atoms with Gasteiger partial charge < -0.3 is 9.15 Å². The smallest absolute Gasteiger partial charge is 0.222 e. The number of furan rings is 1. The fraction of sp³-hybridized carbons (Fsp3) is 0.381. The first-order valence-electron chi connectivity index (χ1n) is 9.05. The Kier molecular flexibility index (Phi) is 4.00. The van der Waals surface area contributed by atoms with Gasteiger partial charge in [0.2, 0.25) is 6.73 Å². The van der Waals surface area contributed by atoms with E-state index in [-0.39, 0.29) is 5.78 Å². The normalized spacial score (nSPS) is 16.8. The first-order valence-corrected chi connectivity index (χ1v) is 9.05. The fourth-order valence-electron chi connectivity index (χ4n) is 4.00. The molecule has 1 unspecified atom stereocenters. The van der Waals surface area contributed by atoms with Gasteiger partial charge in [-0.05, 0) is 20.3 Å². The first kappa shape index (κ1) is 16.2. The number of hydrogen-bond acceptors (Lipinski definition) is 3. The number of ether oxygens (including phenoxy) is 1. The van der Waals surface area contributed by atoms with Crippen molar-refractivity contribution < 1.29 is 18.8 Å². The van der Waals surface area contributed by atoms with E-state index in [4.69, 9.17) is 9.15 Å². The molecule has 1 aliphatic rings. The summed E-state index contributed by atoms with van der Waals surface area (Å²) in [4.78, 5) is 13.7. The number of quaternary nitrogens is 1. The van der Waals surface area contributed by atoms with E-state index in [0.717, 1.165) is 46.1 Å². The summed E-state index contributed by atoms with van der Waals surface area (Å²) in [6, 6.07) is 8.15. The van der Waals surface area contributed by atoms with Crippen LogP contribution in [0.5, 0.6) is 5.75 Å². The monoisotopic (exact) mass is 338 g/mol. The number of benzene rings is 2. The number of carbonyl (C=O) groups excluding carboxylic acids is 1. The average molecular weight is 338 g/mol. The summed E-state index contributed by atoms with van der Waals surface area (Å²) < 4.78 is 12.3. The summed E-state index contributed by atoms with van der Waals surface area (Å²) in [7, 11) is 0. The quantitative estimate of drug-likeness (QED) is 0.739. The highest BCUT2D eigenvalue weighted by atomic mass is 16.5. The number of aryl methyl sites for hydroxylation is 1. The standard InChI is InChI=1S/C21H23NO3/c1-4-5-10-22-11-17-19-18(13(2)23)14(3)25-21(19)16-9-7-6-8-15(16)20(17)24-12-22/h6-9H,4-5,10-12H2,1-3H3/p+1. The molecule has 0 saturated heterocycles. The third-order valence-electron chi connectivity index (χ3n) is 5.16. The van der Waals surface area contributed by atoms with Crippen molar-refractivity contribution in [1.29, 1.82) is 0 Å². The van der Waals surface area contributed by atoms with Gasteiger partial charge in [0.1, 0.15) is 23.6 Å². The van der Waals surface area contributed by atoms with Crippen LogP contribution in [0.2, 0.25) is 0 Å². The lowest BCUT2D eigenvalue weighted by Crippen LogP contribution is -3.12. The lowest BCUT2D eigenvalue weighted by molar-refractivity contribution is -0.932. The van der Waals surface area contributed by atoms with Gasteiger partial charge >= 0.3 is 0 Å². The Labute approximate surface area is 147 Å². The van der Waals surface area contributed by atoms with Crippen molar-refractivity contribution >= 4 is 27.5 Å².